The van der Waals surface area contributed by atoms with Crippen molar-refractivity contribution in [1.82, 2.24) is 9.97 Å². The molecule has 1 aromatic carbocycles. The number of nitrogens with zero attached hydrogens (tertiary/aromatic N) is 1. The summed E-state index contributed by atoms with van der Waals surface area (Å²) < 4.78 is 51.4. The molecule has 0 saturated heterocycles. The van der Waals surface area contributed by atoms with Gasteiger partial charge < -0.3 is 4.98 Å². The Morgan fingerprint density at radius 2 is 2.00 bits per heavy atom. The fraction of sp³-hybridized carbons (Fsp3) is 0.0833. The monoisotopic (exact) mass is 256 g/mol. The van der Waals surface area contributed by atoms with Gasteiger partial charge in [-0.15, -0.1) is 0 Å². The molecule has 0 radical (unpaired) electrons. The number of aromatic nitrogens is 2. The van der Waals surface area contributed by atoms with Crippen LogP contribution in [0, 0.1) is 5.82 Å². The number of H-pyrrole nitrogens is 1. The third-order valence-electron chi connectivity index (χ3n) is 2.41. The van der Waals surface area contributed by atoms with Crippen LogP contribution in [0.1, 0.15) is 17.0 Å². The number of nitrogens with one attached hydrogen (secondary N) is 1. The van der Waals surface area contributed by atoms with Crippen molar-refractivity contribution in [2.24, 2.45) is 0 Å². The molecule has 94 valence electrons. The van der Waals surface area contributed by atoms with Crippen molar-refractivity contribution >= 4 is 5.57 Å². The first-order valence-corrected chi connectivity index (χ1v) is 4.96. The lowest BCUT2D eigenvalue weighted by Crippen LogP contribution is -2.09. The van der Waals surface area contributed by atoms with Crippen molar-refractivity contribution in [2.75, 3.05) is 0 Å². The minimum absolute atomic E-state index is 0.0728. The molecule has 6 heteroatoms. The summed E-state index contributed by atoms with van der Waals surface area (Å²) in [6.45, 7) is 3.55. The molecule has 0 spiro atoms. The zero-order chi connectivity index (χ0) is 13.3. The molecule has 1 N–H and O–H groups in total. The number of benzene rings is 1. The van der Waals surface area contributed by atoms with Crippen LogP contribution in [0.4, 0.5) is 17.6 Å². The van der Waals surface area contributed by atoms with Gasteiger partial charge in [-0.1, -0.05) is 18.7 Å². The van der Waals surface area contributed by atoms with E-state index < -0.39 is 17.6 Å². The van der Waals surface area contributed by atoms with Gasteiger partial charge in [0.25, 0.3) is 0 Å². The van der Waals surface area contributed by atoms with Crippen LogP contribution in [-0.4, -0.2) is 9.97 Å². The van der Waals surface area contributed by atoms with Crippen molar-refractivity contribution in [3.05, 3.63) is 59.9 Å². The molecule has 0 bridgehead atoms. The summed E-state index contributed by atoms with van der Waals surface area (Å²) in [4.78, 5) is 6.48. The number of rotatable bonds is 2. The second-order valence-corrected chi connectivity index (χ2v) is 3.58. The highest BCUT2D eigenvalue weighted by atomic mass is 19.4. The van der Waals surface area contributed by atoms with Crippen molar-refractivity contribution < 1.29 is 17.6 Å². The van der Waals surface area contributed by atoms with E-state index in [2.05, 4.69) is 16.5 Å². The van der Waals surface area contributed by atoms with E-state index in [9.17, 15) is 17.6 Å². The van der Waals surface area contributed by atoms with E-state index in [0.29, 0.717) is 6.07 Å². The Hall–Kier alpha value is -2.11. The number of imidazole rings is 1. The molecular weight excluding hydrogens is 248 g/mol. The predicted molar refractivity (Wildman–Crippen MR) is 58.1 cm³/mol. The third-order valence-corrected chi connectivity index (χ3v) is 2.41. The molecule has 0 aliphatic rings. The maximum absolute atomic E-state index is 13.8. The van der Waals surface area contributed by atoms with Crippen molar-refractivity contribution in [1.29, 1.82) is 0 Å². The van der Waals surface area contributed by atoms with Gasteiger partial charge in [0.05, 0.1) is 5.56 Å². The zero-order valence-electron chi connectivity index (χ0n) is 9.05. The fourth-order valence-corrected chi connectivity index (χ4v) is 1.54. The summed E-state index contributed by atoms with van der Waals surface area (Å²) in [5, 5.41) is 0. The maximum atomic E-state index is 13.8. The van der Waals surface area contributed by atoms with E-state index in [1.807, 2.05) is 0 Å². The number of hydrogen-bond acceptors (Lipinski definition) is 1. The number of halogens is 4. The molecule has 0 atom stereocenters. The maximum Gasteiger partial charge on any atom is 0.419 e. The normalized spacial score (nSPS) is 11.6. The Bertz CT molecular complexity index is 570. The van der Waals surface area contributed by atoms with Crippen LogP contribution < -0.4 is 0 Å². The summed E-state index contributed by atoms with van der Waals surface area (Å²) in [6, 6.07) is 3.05. The summed E-state index contributed by atoms with van der Waals surface area (Å²) in [6.07, 6.45) is -1.85. The van der Waals surface area contributed by atoms with Crippen molar-refractivity contribution in [3.63, 3.8) is 0 Å². The molecule has 0 aliphatic carbocycles. The summed E-state index contributed by atoms with van der Waals surface area (Å²) in [7, 11) is 0. The van der Waals surface area contributed by atoms with Gasteiger partial charge in [-0.05, 0) is 6.07 Å². The summed E-state index contributed by atoms with van der Waals surface area (Å²) in [5.74, 6) is -1.11. The van der Waals surface area contributed by atoms with Gasteiger partial charge in [0.1, 0.15) is 11.6 Å². The predicted octanol–water partition coefficient (Wildman–Crippen LogP) is 3.63. The molecule has 0 aliphatic heterocycles. The summed E-state index contributed by atoms with van der Waals surface area (Å²) in [5.41, 5.74) is -1.46. The van der Waals surface area contributed by atoms with Crippen LogP contribution in [0.5, 0.6) is 0 Å². The van der Waals surface area contributed by atoms with E-state index in [0.717, 1.165) is 6.07 Å². The Morgan fingerprint density at radius 1 is 1.28 bits per heavy atom. The minimum Gasteiger partial charge on any atom is -0.345 e. The highest BCUT2D eigenvalue weighted by Crippen LogP contribution is 2.34. The smallest absolute Gasteiger partial charge is 0.345 e. The molecule has 2 aromatic rings. The molecule has 0 fully saturated rings. The van der Waals surface area contributed by atoms with Crippen LogP contribution in [-0.2, 0) is 6.18 Å². The molecular formula is C12H8F4N2. The van der Waals surface area contributed by atoms with Crippen LogP contribution in [0.15, 0.2) is 37.2 Å². The van der Waals surface area contributed by atoms with Crippen molar-refractivity contribution in [2.45, 2.75) is 6.18 Å². The first kappa shape index (κ1) is 12.3. The lowest BCUT2D eigenvalue weighted by Gasteiger charge is -2.11. The first-order chi connectivity index (χ1) is 8.41. The van der Waals surface area contributed by atoms with Crippen LogP contribution in [0.25, 0.3) is 5.57 Å². The van der Waals surface area contributed by atoms with Crippen molar-refractivity contribution in [3.8, 4) is 0 Å². The second-order valence-electron chi connectivity index (χ2n) is 3.58. The number of alkyl halides is 3. The molecule has 1 aromatic heterocycles. The van der Waals surface area contributed by atoms with Gasteiger partial charge in [-0.2, -0.15) is 13.2 Å². The van der Waals surface area contributed by atoms with Gasteiger partial charge in [0.15, 0.2) is 0 Å². The van der Waals surface area contributed by atoms with Gasteiger partial charge in [-0.3, -0.25) is 0 Å². The molecule has 1 heterocycles. The molecule has 2 rings (SSSR count). The van der Waals surface area contributed by atoms with Gasteiger partial charge in [0, 0.05) is 23.5 Å². The van der Waals surface area contributed by atoms with Gasteiger partial charge in [0.2, 0.25) is 0 Å². The quantitative estimate of drug-likeness (QED) is 0.816. The Balaban J connectivity index is 2.50. The largest absolute Gasteiger partial charge is 0.419 e. The molecule has 2 nitrogen and oxygen atoms in total. The van der Waals surface area contributed by atoms with Gasteiger partial charge in [-0.25, -0.2) is 9.37 Å². The molecule has 0 saturated carbocycles. The topological polar surface area (TPSA) is 28.7 Å². The summed E-state index contributed by atoms with van der Waals surface area (Å²) >= 11 is 0. The van der Waals surface area contributed by atoms with E-state index in [-0.39, 0.29) is 17.0 Å². The van der Waals surface area contributed by atoms with Crippen LogP contribution in [0.3, 0.4) is 0 Å². The Labute approximate surface area is 100.0 Å². The fourth-order valence-electron chi connectivity index (χ4n) is 1.54. The SMILES string of the molecule is C=C(c1ncc[nH]1)c1cccc(C(F)(F)F)c1F. The molecule has 0 amide bonds. The number of hydrogen-bond donors (Lipinski definition) is 1. The average molecular weight is 256 g/mol. The Kier molecular flexibility index (Phi) is 2.94. The first-order valence-electron chi connectivity index (χ1n) is 4.96. The lowest BCUT2D eigenvalue weighted by molar-refractivity contribution is -0.140. The molecule has 0 unspecified atom stereocenters. The minimum atomic E-state index is -4.73. The Morgan fingerprint density at radius 3 is 2.56 bits per heavy atom. The van der Waals surface area contributed by atoms with Crippen LogP contribution >= 0.6 is 0 Å². The van der Waals surface area contributed by atoms with E-state index in [4.69, 9.17) is 0 Å². The second kappa shape index (κ2) is 4.29. The third kappa shape index (κ3) is 2.13. The highest BCUT2D eigenvalue weighted by molar-refractivity contribution is 5.75. The standard InChI is InChI=1S/C12H8F4N2/c1-7(11-17-5-6-18-11)8-3-2-4-9(10(8)13)12(14,15)16/h2-6H,1H2,(H,17,18). The van der Waals surface area contributed by atoms with E-state index >= 15 is 0 Å². The van der Waals surface area contributed by atoms with Crippen LogP contribution in [0.2, 0.25) is 0 Å². The highest BCUT2D eigenvalue weighted by Gasteiger charge is 2.35. The zero-order valence-corrected chi connectivity index (χ0v) is 9.05. The van der Waals surface area contributed by atoms with E-state index in [1.165, 1.54) is 18.5 Å². The lowest BCUT2D eigenvalue weighted by atomic mass is 10.0. The van der Waals surface area contributed by atoms with E-state index in [1.54, 1.807) is 0 Å². The molecule has 18 heavy (non-hydrogen) atoms. The average Bonchev–Trinajstić information content (AvgIpc) is 2.80. The number of aromatic amines is 1. The van der Waals surface area contributed by atoms with Gasteiger partial charge >= 0.3 is 6.18 Å².